The van der Waals surface area contributed by atoms with Gasteiger partial charge in [-0.1, -0.05) is 51.8 Å². The second-order valence-electron chi connectivity index (χ2n) is 8.34. The summed E-state index contributed by atoms with van der Waals surface area (Å²) >= 11 is 0. The van der Waals surface area contributed by atoms with Crippen LogP contribution in [0.25, 0.3) is 0 Å². The van der Waals surface area contributed by atoms with Gasteiger partial charge in [-0.05, 0) is 44.2 Å². The summed E-state index contributed by atoms with van der Waals surface area (Å²) in [6.45, 7) is 10.3. The maximum Gasteiger partial charge on any atom is 0.174 e. The van der Waals surface area contributed by atoms with E-state index in [1.54, 1.807) is 0 Å². The molecule has 4 heteroatoms. The third-order valence-electron chi connectivity index (χ3n) is 5.51. The minimum atomic E-state index is -0.471. The normalized spacial score (nSPS) is 20.3. The molecule has 0 saturated heterocycles. The average Bonchev–Trinajstić information content (AvgIpc) is 2.81. The van der Waals surface area contributed by atoms with Crippen molar-refractivity contribution in [2.75, 3.05) is 0 Å². The van der Waals surface area contributed by atoms with Crippen LogP contribution in [0.4, 0.5) is 0 Å². The van der Waals surface area contributed by atoms with E-state index < -0.39 is 6.10 Å². The van der Waals surface area contributed by atoms with Gasteiger partial charge >= 0.3 is 0 Å². The molecule has 1 saturated carbocycles. The molecule has 0 N–H and O–H groups in total. The van der Waals surface area contributed by atoms with Crippen LogP contribution in [0.2, 0.25) is 0 Å². The van der Waals surface area contributed by atoms with Gasteiger partial charge in [-0.3, -0.25) is 14.4 Å². The molecule has 1 aromatic rings. The zero-order valence-corrected chi connectivity index (χ0v) is 18.8. The summed E-state index contributed by atoms with van der Waals surface area (Å²) in [5, 5.41) is 0. The van der Waals surface area contributed by atoms with E-state index in [-0.39, 0.29) is 17.5 Å². The molecule has 3 unspecified atom stereocenters. The first-order valence-electron chi connectivity index (χ1n) is 11.1. The molecule has 0 aromatic heterocycles. The van der Waals surface area contributed by atoms with Crippen molar-refractivity contribution in [3.8, 4) is 5.75 Å². The van der Waals surface area contributed by atoms with Gasteiger partial charge in [-0.25, -0.2) is 0 Å². The number of ether oxygens (including phenoxy) is 1. The van der Waals surface area contributed by atoms with Crippen LogP contribution in [0.3, 0.4) is 0 Å². The molecule has 4 nitrogen and oxygen atoms in total. The number of Topliss-reactive ketones (excluding diaryl/α,β-unsaturated/α-hetero) is 3. The molecule has 0 aliphatic heterocycles. The van der Waals surface area contributed by atoms with Gasteiger partial charge in [-0.2, -0.15) is 0 Å². The van der Waals surface area contributed by atoms with Gasteiger partial charge in [0.15, 0.2) is 11.9 Å². The van der Waals surface area contributed by atoms with Gasteiger partial charge in [0.05, 0.1) is 0 Å². The lowest BCUT2D eigenvalue weighted by Crippen LogP contribution is -2.26. The van der Waals surface area contributed by atoms with E-state index in [2.05, 4.69) is 20.8 Å². The van der Waals surface area contributed by atoms with E-state index in [0.717, 1.165) is 37.2 Å². The number of ketones is 3. The lowest BCUT2D eigenvalue weighted by molar-refractivity contribution is -0.128. The van der Waals surface area contributed by atoms with Crippen molar-refractivity contribution in [3.63, 3.8) is 0 Å². The number of hydrogen-bond donors (Lipinski definition) is 0. The Kier molecular flexibility index (Phi) is 11.5. The molecule has 0 bridgehead atoms. The monoisotopic (exact) mass is 402 g/mol. The molecule has 1 aliphatic carbocycles. The Morgan fingerprint density at radius 2 is 1.76 bits per heavy atom. The Labute approximate surface area is 176 Å². The molecule has 1 aliphatic rings. The Hall–Kier alpha value is -1.97. The number of benzene rings is 1. The zero-order valence-electron chi connectivity index (χ0n) is 18.8. The van der Waals surface area contributed by atoms with Gasteiger partial charge in [0, 0.05) is 31.6 Å². The van der Waals surface area contributed by atoms with Crippen molar-refractivity contribution in [1.82, 2.24) is 0 Å². The van der Waals surface area contributed by atoms with Gasteiger partial charge in [0.1, 0.15) is 17.3 Å². The van der Waals surface area contributed by atoms with Gasteiger partial charge in [0.2, 0.25) is 0 Å². The van der Waals surface area contributed by atoms with Crippen molar-refractivity contribution in [3.05, 3.63) is 29.8 Å². The number of hydrogen-bond acceptors (Lipinski definition) is 4. The Morgan fingerprint density at radius 1 is 1.10 bits per heavy atom. The Balaban J connectivity index is 0.000000331. The average molecular weight is 403 g/mol. The summed E-state index contributed by atoms with van der Waals surface area (Å²) in [7, 11) is 0. The molecule has 1 fully saturated rings. The Morgan fingerprint density at radius 3 is 2.34 bits per heavy atom. The van der Waals surface area contributed by atoms with Crippen molar-refractivity contribution in [2.24, 2.45) is 11.8 Å². The second-order valence-corrected chi connectivity index (χ2v) is 8.34. The second kappa shape index (κ2) is 13.3. The minimum absolute atomic E-state index is 0.0360. The van der Waals surface area contributed by atoms with E-state index in [9.17, 15) is 14.4 Å². The highest BCUT2D eigenvalue weighted by Gasteiger charge is 2.29. The van der Waals surface area contributed by atoms with Crippen molar-refractivity contribution in [1.29, 1.82) is 0 Å². The minimum Gasteiger partial charge on any atom is -0.483 e. The summed E-state index contributed by atoms with van der Waals surface area (Å²) in [6.07, 6.45) is 5.60. The maximum atomic E-state index is 12.0. The lowest BCUT2D eigenvalue weighted by Gasteiger charge is -2.15. The molecule has 2 rings (SSSR count). The van der Waals surface area contributed by atoms with Crippen molar-refractivity contribution in [2.45, 2.75) is 92.1 Å². The van der Waals surface area contributed by atoms with Crippen LogP contribution in [0.1, 0.15) is 84.6 Å². The van der Waals surface area contributed by atoms with E-state index >= 15 is 0 Å². The SMILES string of the molecule is CCCC(=O)CCC(C)CC.Cc1ccc(OC2CCC(=O)C(C)CC2=O)cc1. The molecule has 1 aromatic carbocycles. The fourth-order valence-electron chi connectivity index (χ4n) is 3.15. The van der Waals surface area contributed by atoms with Crippen LogP contribution in [0, 0.1) is 18.8 Å². The van der Waals surface area contributed by atoms with E-state index in [1.165, 1.54) is 6.42 Å². The summed E-state index contributed by atoms with van der Waals surface area (Å²) in [5.41, 5.74) is 1.15. The van der Waals surface area contributed by atoms with Crippen LogP contribution in [-0.2, 0) is 14.4 Å². The standard InChI is InChI=1S/C15H18O3.C10H20O/c1-10-3-5-12(6-4-10)18-15-8-7-13(16)11(2)9-14(15)17;1-4-6-10(11)8-7-9(3)5-2/h3-6,11,15H,7-9H2,1-2H3;9H,4-8H2,1-3H3. The van der Waals surface area contributed by atoms with Gasteiger partial charge in [-0.15, -0.1) is 0 Å². The number of carbonyl (C=O) groups excluding carboxylic acids is 3. The summed E-state index contributed by atoms with van der Waals surface area (Å²) in [5.74, 6) is 1.89. The molecule has 162 valence electrons. The smallest absolute Gasteiger partial charge is 0.174 e. The first-order valence-corrected chi connectivity index (χ1v) is 11.1. The zero-order chi connectivity index (χ0) is 21.8. The molecule has 0 spiro atoms. The number of rotatable bonds is 8. The fourth-order valence-corrected chi connectivity index (χ4v) is 3.15. The Bertz CT molecular complexity index is 647. The predicted octanol–water partition coefficient (Wildman–Crippen LogP) is 5.88. The molecule has 29 heavy (non-hydrogen) atoms. The van der Waals surface area contributed by atoms with E-state index in [0.29, 0.717) is 30.8 Å². The third-order valence-corrected chi connectivity index (χ3v) is 5.51. The number of aryl methyl sites for hydroxylation is 1. The fraction of sp³-hybridized carbons (Fsp3) is 0.640. The van der Waals surface area contributed by atoms with Gasteiger partial charge in [0.25, 0.3) is 0 Å². The molecule has 0 radical (unpaired) electrons. The first-order chi connectivity index (χ1) is 13.8. The number of carbonyl (C=O) groups is 3. The summed E-state index contributed by atoms with van der Waals surface area (Å²) < 4.78 is 5.70. The van der Waals surface area contributed by atoms with Gasteiger partial charge < -0.3 is 4.74 Å². The highest BCUT2D eigenvalue weighted by atomic mass is 16.5. The predicted molar refractivity (Wildman–Crippen MR) is 117 cm³/mol. The van der Waals surface area contributed by atoms with E-state index in [4.69, 9.17) is 4.74 Å². The van der Waals surface area contributed by atoms with Crippen molar-refractivity contribution < 1.29 is 19.1 Å². The van der Waals surface area contributed by atoms with Crippen LogP contribution < -0.4 is 4.74 Å². The van der Waals surface area contributed by atoms with Crippen molar-refractivity contribution >= 4 is 17.3 Å². The highest BCUT2D eigenvalue weighted by molar-refractivity contribution is 5.92. The van der Waals surface area contributed by atoms with Crippen LogP contribution in [0.5, 0.6) is 5.75 Å². The molecule has 0 heterocycles. The summed E-state index contributed by atoms with van der Waals surface area (Å²) in [4.78, 5) is 34.6. The van der Waals surface area contributed by atoms with Crippen LogP contribution in [-0.4, -0.2) is 23.5 Å². The molecular weight excluding hydrogens is 364 g/mol. The first kappa shape index (κ1) is 25.1. The molecule has 0 amide bonds. The maximum absolute atomic E-state index is 12.0. The van der Waals surface area contributed by atoms with E-state index in [1.807, 2.05) is 38.1 Å². The third kappa shape index (κ3) is 9.87. The quantitative estimate of drug-likeness (QED) is 0.509. The largest absolute Gasteiger partial charge is 0.483 e. The highest BCUT2D eigenvalue weighted by Crippen LogP contribution is 2.22. The van der Waals surface area contributed by atoms with Crippen LogP contribution in [0.15, 0.2) is 24.3 Å². The lowest BCUT2D eigenvalue weighted by atomic mass is 10.00. The topological polar surface area (TPSA) is 60.4 Å². The van der Waals surface area contributed by atoms with Crippen LogP contribution >= 0.6 is 0 Å². The molecular formula is C25H38O4. The molecule has 3 atom stereocenters. The summed E-state index contributed by atoms with van der Waals surface area (Å²) in [6, 6.07) is 7.62.